The molecule has 0 bridgehead atoms. The van der Waals surface area contributed by atoms with Crippen LogP contribution in [-0.4, -0.2) is 11.6 Å². The van der Waals surface area contributed by atoms with Gasteiger partial charge in [0.1, 0.15) is 0 Å². The number of hydrogen-bond acceptors (Lipinski definition) is 2. The Kier molecular flexibility index (Phi) is 2.76. The van der Waals surface area contributed by atoms with Crippen molar-refractivity contribution in [2.45, 2.75) is 0 Å². The van der Waals surface area contributed by atoms with Gasteiger partial charge in [-0.3, -0.25) is 9.59 Å². The van der Waals surface area contributed by atoms with E-state index in [0.717, 1.165) is 0 Å². The predicted molar refractivity (Wildman–Crippen MR) is 70.8 cm³/mol. The van der Waals surface area contributed by atoms with E-state index in [0.29, 0.717) is 11.1 Å². The number of benzene rings is 1. The fourth-order valence-corrected chi connectivity index (χ4v) is 2.40. The van der Waals surface area contributed by atoms with Crippen molar-refractivity contribution < 1.29 is 14.2 Å². The maximum Gasteiger partial charge on any atom is 0.281 e. The van der Waals surface area contributed by atoms with Gasteiger partial charge in [0.15, 0.2) is 17.4 Å². The summed E-state index contributed by atoms with van der Waals surface area (Å²) in [5.41, 5.74) is 0.951. The third-order valence-corrected chi connectivity index (χ3v) is 3.36. The molecule has 3 rings (SSSR count). The largest absolute Gasteiger partial charge is 0.287 e. The van der Waals surface area contributed by atoms with Gasteiger partial charge in [0.05, 0.1) is 0 Å². The standard InChI is InChI=1S/C15H9ClNO2/c16-12-13(17-8-4-1-5-9-17)15(19)11-7-3-2-6-10(11)14(12)18/h1-9H/q+1. The lowest BCUT2D eigenvalue weighted by Crippen LogP contribution is -2.39. The number of rotatable bonds is 1. The molecule has 0 aliphatic heterocycles. The van der Waals surface area contributed by atoms with Gasteiger partial charge in [-0.25, -0.2) is 0 Å². The Morgan fingerprint density at radius 3 is 2.00 bits per heavy atom. The molecule has 4 heteroatoms. The lowest BCUT2D eigenvalue weighted by atomic mass is 9.92. The average molecular weight is 271 g/mol. The minimum atomic E-state index is -0.316. The van der Waals surface area contributed by atoms with Crippen LogP contribution in [0, 0.1) is 0 Å². The van der Waals surface area contributed by atoms with E-state index in [1.54, 1.807) is 53.4 Å². The molecule has 92 valence electrons. The predicted octanol–water partition coefficient (Wildman–Crippen LogP) is 2.46. The third-order valence-electron chi connectivity index (χ3n) is 3.01. The van der Waals surface area contributed by atoms with Crippen LogP contribution in [0.25, 0.3) is 5.70 Å². The van der Waals surface area contributed by atoms with Crippen LogP contribution in [0.3, 0.4) is 0 Å². The molecule has 1 aromatic heterocycles. The summed E-state index contributed by atoms with van der Waals surface area (Å²) < 4.78 is 1.57. The van der Waals surface area contributed by atoms with Crippen LogP contribution in [0.2, 0.25) is 0 Å². The summed E-state index contributed by atoms with van der Waals surface area (Å²) in [6.45, 7) is 0. The van der Waals surface area contributed by atoms with Crippen molar-refractivity contribution in [3.8, 4) is 0 Å². The highest BCUT2D eigenvalue weighted by Crippen LogP contribution is 2.28. The Labute approximate surface area is 114 Å². The highest BCUT2D eigenvalue weighted by Gasteiger charge is 2.37. The summed E-state index contributed by atoms with van der Waals surface area (Å²) in [7, 11) is 0. The van der Waals surface area contributed by atoms with Gasteiger partial charge in [0, 0.05) is 23.3 Å². The van der Waals surface area contributed by atoms with Gasteiger partial charge in [-0.05, 0) is 0 Å². The SMILES string of the molecule is O=C1C(Cl)=C([n+]2ccccc2)C(=O)c2ccccc21. The van der Waals surface area contributed by atoms with E-state index in [1.165, 1.54) is 0 Å². The third kappa shape index (κ3) is 1.79. The van der Waals surface area contributed by atoms with Crippen LogP contribution in [0.5, 0.6) is 0 Å². The van der Waals surface area contributed by atoms with Gasteiger partial charge < -0.3 is 0 Å². The number of ketones is 2. The van der Waals surface area contributed by atoms with Gasteiger partial charge in [0.2, 0.25) is 5.78 Å². The molecule has 1 aliphatic rings. The molecule has 1 heterocycles. The summed E-state index contributed by atoms with van der Waals surface area (Å²) in [4.78, 5) is 24.6. The first-order valence-electron chi connectivity index (χ1n) is 5.75. The Morgan fingerprint density at radius 2 is 1.37 bits per heavy atom. The van der Waals surface area contributed by atoms with Crippen molar-refractivity contribution in [3.05, 3.63) is 71.0 Å². The number of hydrogen-bond donors (Lipinski definition) is 0. The first-order valence-corrected chi connectivity index (χ1v) is 6.13. The van der Waals surface area contributed by atoms with Crippen molar-refractivity contribution in [1.82, 2.24) is 0 Å². The fraction of sp³-hybridized carbons (Fsp3) is 0. The van der Waals surface area contributed by atoms with E-state index in [4.69, 9.17) is 11.6 Å². The lowest BCUT2D eigenvalue weighted by molar-refractivity contribution is -0.577. The molecular weight excluding hydrogens is 262 g/mol. The van der Waals surface area contributed by atoms with Crippen LogP contribution >= 0.6 is 11.6 Å². The Bertz CT molecular complexity index is 720. The van der Waals surface area contributed by atoms with Gasteiger partial charge in [-0.15, -0.1) is 0 Å². The number of nitrogens with zero attached hydrogens (tertiary/aromatic N) is 1. The number of carbonyl (C=O) groups is 2. The van der Waals surface area contributed by atoms with E-state index in [1.807, 2.05) is 6.07 Å². The minimum absolute atomic E-state index is 0.0418. The minimum Gasteiger partial charge on any atom is -0.287 e. The average Bonchev–Trinajstić information content (AvgIpc) is 2.46. The quantitative estimate of drug-likeness (QED) is 0.747. The number of Topliss-reactive ketones (excluding diaryl/α,β-unsaturated/α-hetero) is 2. The molecular formula is C15H9ClNO2+. The molecule has 19 heavy (non-hydrogen) atoms. The van der Waals surface area contributed by atoms with Crippen LogP contribution in [0.4, 0.5) is 0 Å². The Hall–Kier alpha value is -2.26. The van der Waals surface area contributed by atoms with Crippen LogP contribution in [0.1, 0.15) is 20.7 Å². The van der Waals surface area contributed by atoms with E-state index >= 15 is 0 Å². The lowest BCUT2D eigenvalue weighted by Gasteiger charge is -2.13. The molecule has 0 amide bonds. The molecule has 0 spiro atoms. The first kappa shape index (κ1) is 11.8. The summed E-state index contributed by atoms with van der Waals surface area (Å²) in [6, 6.07) is 12.1. The number of halogens is 1. The molecule has 3 nitrogen and oxygen atoms in total. The Morgan fingerprint density at radius 1 is 0.789 bits per heavy atom. The summed E-state index contributed by atoms with van der Waals surface area (Å²) in [5.74, 6) is -0.556. The second-order valence-electron chi connectivity index (χ2n) is 4.15. The number of aromatic nitrogens is 1. The maximum atomic E-state index is 12.5. The second kappa shape index (κ2) is 4.44. The second-order valence-corrected chi connectivity index (χ2v) is 4.53. The molecule has 0 unspecified atom stereocenters. The number of pyridine rings is 1. The van der Waals surface area contributed by atoms with Crippen molar-refractivity contribution in [1.29, 1.82) is 0 Å². The molecule has 1 aromatic carbocycles. The molecule has 0 atom stereocenters. The number of allylic oxidation sites excluding steroid dienone is 2. The zero-order valence-electron chi connectivity index (χ0n) is 9.84. The van der Waals surface area contributed by atoms with Gasteiger partial charge in [0.25, 0.3) is 11.5 Å². The molecule has 0 saturated carbocycles. The number of fused-ring (bicyclic) bond motifs is 1. The van der Waals surface area contributed by atoms with Crippen LogP contribution in [-0.2, 0) is 0 Å². The van der Waals surface area contributed by atoms with Gasteiger partial charge in [-0.1, -0.05) is 41.9 Å². The van der Waals surface area contributed by atoms with Crippen molar-refractivity contribution in [2.24, 2.45) is 0 Å². The molecule has 0 radical (unpaired) electrons. The highest BCUT2D eigenvalue weighted by molar-refractivity contribution is 6.54. The molecule has 2 aromatic rings. The summed E-state index contributed by atoms with van der Waals surface area (Å²) in [6.07, 6.45) is 3.38. The zero-order chi connectivity index (χ0) is 13.4. The van der Waals surface area contributed by atoms with Crippen molar-refractivity contribution in [2.75, 3.05) is 0 Å². The number of carbonyl (C=O) groups excluding carboxylic acids is 2. The topological polar surface area (TPSA) is 38.0 Å². The molecule has 0 fully saturated rings. The first-order chi connectivity index (χ1) is 9.20. The summed E-state index contributed by atoms with van der Waals surface area (Å²) >= 11 is 6.08. The van der Waals surface area contributed by atoms with Gasteiger partial charge >= 0.3 is 0 Å². The smallest absolute Gasteiger partial charge is 0.281 e. The fourth-order valence-electron chi connectivity index (χ4n) is 2.11. The van der Waals surface area contributed by atoms with Gasteiger partial charge in [-0.2, -0.15) is 4.57 Å². The van der Waals surface area contributed by atoms with E-state index < -0.39 is 0 Å². The monoisotopic (exact) mass is 270 g/mol. The van der Waals surface area contributed by atoms with Crippen LogP contribution in [0.15, 0.2) is 59.9 Å². The molecule has 1 aliphatic carbocycles. The van der Waals surface area contributed by atoms with Crippen LogP contribution < -0.4 is 4.57 Å². The maximum absolute atomic E-state index is 12.5. The van der Waals surface area contributed by atoms with E-state index in [9.17, 15) is 9.59 Å². The Balaban J connectivity index is 2.25. The molecule has 0 N–H and O–H groups in total. The van der Waals surface area contributed by atoms with Crippen molar-refractivity contribution in [3.63, 3.8) is 0 Å². The molecule has 0 saturated heterocycles. The summed E-state index contributed by atoms with van der Waals surface area (Å²) in [5, 5.41) is -0.0418. The van der Waals surface area contributed by atoms with E-state index in [-0.39, 0.29) is 22.3 Å². The van der Waals surface area contributed by atoms with Crippen molar-refractivity contribution >= 4 is 28.9 Å². The highest BCUT2D eigenvalue weighted by atomic mass is 35.5. The normalized spacial score (nSPS) is 14.6. The van der Waals surface area contributed by atoms with E-state index in [2.05, 4.69) is 0 Å². The zero-order valence-corrected chi connectivity index (χ0v) is 10.6.